The summed E-state index contributed by atoms with van der Waals surface area (Å²) >= 11 is 0. The Hall–Kier alpha value is -0.940. The van der Waals surface area contributed by atoms with Gasteiger partial charge in [0.15, 0.2) is 0 Å². The normalized spacial score (nSPS) is 15.0. The van der Waals surface area contributed by atoms with Gasteiger partial charge in [0, 0.05) is 13.0 Å². The maximum Gasteiger partial charge on any atom is 0.227 e. The van der Waals surface area contributed by atoms with Crippen molar-refractivity contribution in [3.8, 4) is 0 Å². The van der Waals surface area contributed by atoms with Gasteiger partial charge in [-0.05, 0) is 37.6 Å². The van der Waals surface area contributed by atoms with E-state index in [0.717, 1.165) is 12.8 Å². The molecule has 5 nitrogen and oxygen atoms in total. The number of nitrogens with zero attached hydrogens (tertiary/aromatic N) is 2. The van der Waals surface area contributed by atoms with Crippen molar-refractivity contribution in [3.63, 3.8) is 0 Å². The van der Waals surface area contributed by atoms with E-state index in [1.807, 2.05) is 6.92 Å². The molecule has 2 atom stereocenters. The average Bonchev–Trinajstić information content (AvgIpc) is 2.82. The van der Waals surface area contributed by atoms with Gasteiger partial charge >= 0.3 is 0 Å². The molecule has 1 aromatic rings. The highest BCUT2D eigenvalue weighted by Gasteiger charge is 2.23. The smallest absolute Gasteiger partial charge is 0.227 e. The van der Waals surface area contributed by atoms with Gasteiger partial charge in [0.2, 0.25) is 11.7 Å². The predicted octanol–water partition coefficient (Wildman–Crippen LogP) is 2.97. The van der Waals surface area contributed by atoms with Gasteiger partial charge in [0.05, 0.1) is 0 Å². The number of aromatic nitrogens is 2. The summed E-state index contributed by atoms with van der Waals surface area (Å²) in [6.07, 6.45) is 1.73. The quantitative estimate of drug-likeness (QED) is 0.754. The van der Waals surface area contributed by atoms with E-state index in [4.69, 9.17) is 15.0 Å². The first-order chi connectivity index (χ1) is 9.47. The Kier molecular flexibility index (Phi) is 7.16. The Morgan fingerprint density at radius 3 is 2.45 bits per heavy atom. The summed E-state index contributed by atoms with van der Waals surface area (Å²) in [6.45, 7) is 11.9. The molecule has 0 radical (unpaired) electrons. The van der Waals surface area contributed by atoms with Crippen LogP contribution in [-0.2, 0) is 11.2 Å². The van der Waals surface area contributed by atoms with Crippen LogP contribution in [0.1, 0.15) is 58.9 Å². The largest absolute Gasteiger partial charge is 0.370 e. The Labute approximate surface area is 122 Å². The minimum absolute atomic E-state index is 0.0982. The third kappa shape index (κ3) is 5.21. The fourth-order valence-electron chi connectivity index (χ4n) is 2.39. The van der Waals surface area contributed by atoms with Gasteiger partial charge in [-0.1, -0.05) is 32.9 Å². The highest BCUT2D eigenvalue weighted by atomic mass is 16.5. The van der Waals surface area contributed by atoms with Crippen LogP contribution in [0.3, 0.4) is 0 Å². The van der Waals surface area contributed by atoms with Crippen LogP contribution in [-0.4, -0.2) is 23.3 Å². The van der Waals surface area contributed by atoms with E-state index >= 15 is 0 Å². The number of hydrogen-bond donors (Lipinski definition) is 1. The van der Waals surface area contributed by atoms with Gasteiger partial charge in [-0.15, -0.1) is 0 Å². The molecule has 0 spiro atoms. The van der Waals surface area contributed by atoms with Crippen molar-refractivity contribution >= 4 is 0 Å². The zero-order chi connectivity index (χ0) is 15.1. The van der Waals surface area contributed by atoms with E-state index in [-0.39, 0.29) is 6.10 Å². The molecule has 0 fully saturated rings. The summed E-state index contributed by atoms with van der Waals surface area (Å²) in [6, 6.07) is 0. The molecular weight excluding hydrogens is 254 g/mol. The lowest BCUT2D eigenvalue weighted by atomic mass is 9.94. The van der Waals surface area contributed by atoms with Crippen molar-refractivity contribution in [2.24, 2.45) is 23.5 Å². The fourth-order valence-corrected chi connectivity index (χ4v) is 2.39. The molecule has 0 aliphatic carbocycles. The van der Waals surface area contributed by atoms with Crippen LogP contribution >= 0.6 is 0 Å². The second kappa shape index (κ2) is 8.37. The molecule has 2 N–H and O–H groups in total. The van der Waals surface area contributed by atoms with Gasteiger partial charge in [0.1, 0.15) is 6.10 Å². The first-order valence-electron chi connectivity index (χ1n) is 7.62. The fraction of sp³-hybridized carbons (Fsp3) is 0.867. The molecule has 1 heterocycles. The molecule has 0 aromatic carbocycles. The van der Waals surface area contributed by atoms with Gasteiger partial charge in [-0.25, -0.2) is 0 Å². The topological polar surface area (TPSA) is 74.2 Å². The lowest BCUT2D eigenvalue weighted by molar-refractivity contribution is 0.0217. The van der Waals surface area contributed by atoms with Crippen molar-refractivity contribution in [1.82, 2.24) is 10.1 Å². The Morgan fingerprint density at radius 1 is 1.25 bits per heavy atom. The van der Waals surface area contributed by atoms with Crippen molar-refractivity contribution in [2.45, 2.75) is 53.6 Å². The highest BCUT2D eigenvalue weighted by Crippen LogP contribution is 2.24. The number of ether oxygens (including phenoxy) is 1. The van der Waals surface area contributed by atoms with E-state index in [0.29, 0.717) is 42.6 Å². The monoisotopic (exact) mass is 283 g/mol. The van der Waals surface area contributed by atoms with Crippen LogP contribution in [0.5, 0.6) is 0 Å². The van der Waals surface area contributed by atoms with E-state index in [1.165, 1.54) is 0 Å². The summed E-state index contributed by atoms with van der Waals surface area (Å²) in [5.74, 6) is 2.66. The number of hydrogen-bond acceptors (Lipinski definition) is 5. The van der Waals surface area contributed by atoms with Crippen molar-refractivity contribution < 1.29 is 9.26 Å². The van der Waals surface area contributed by atoms with Crippen molar-refractivity contribution in [3.05, 3.63) is 11.7 Å². The molecule has 1 aromatic heterocycles. The van der Waals surface area contributed by atoms with Crippen LogP contribution in [0.25, 0.3) is 0 Å². The lowest BCUT2D eigenvalue weighted by Gasteiger charge is -2.16. The van der Waals surface area contributed by atoms with Crippen molar-refractivity contribution in [2.75, 3.05) is 13.2 Å². The van der Waals surface area contributed by atoms with Gasteiger partial charge in [0.25, 0.3) is 0 Å². The van der Waals surface area contributed by atoms with E-state index < -0.39 is 0 Å². The van der Waals surface area contributed by atoms with Crippen LogP contribution in [0.4, 0.5) is 0 Å². The van der Waals surface area contributed by atoms with Crippen molar-refractivity contribution in [1.29, 1.82) is 0 Å². The van der Waals surface area contributed by atoms with Gasteiger partial charge in [-0.2, -0.15) is 4.98 Å². The summed E-state index contributed by atoms with van der Waals surface area (Å²) in [5, 5.41) is 4.07. The SMILES string of the molecule is CCOC(c1noc(C[C@@H](CN)CC(C)C)n1)C(C)C. The second-order valence-electron chi connectivity index (χ2n) is 6.10. The molecule has 5 heteroatoms. The molecule has 0 amide bonds. The minimum atomic E-state index is -0.0982. The molecule has 1 unspecified atom stereocenters. The minimum Gasteiger partial charge on any atom is -0.370 e. The van der Waals surface area contributed by atoms with Crippen LogP contribution in [0, 0.1) is 17.8 Å². The molecular formula is C15H29N3O2. The third-order valence-corrected chi connectivity index (χ3v) is 3.29. The summed E-state index contributed by atoms with van der Waals surface area (Å²) in [7, 11) is 0. The zero-order valence-corrected chi connectivity index (χ0v) is 13.4. The maximum absolute atomic E-state index is 5.82. The highest BCUT2D eigenvalue weighted by molar-refractivity contribution is 4.94. The molecule has 116 valence electrons. The first-order valence-corrected chi connectivity index (χ1v) is 7.62. The standard InChI is InChI=1S/C15H29N3O2/c1-6-19-14(11(4)5)15-17-13(20-18-15)8-12(9-16)7-10(2)3/h10-12,14H,6-9,16H2,1-5H3/t12-,14?/m0/s1. The van der Waals surface area contributed by atoms with E-state index in [1.54, 1.807) is 0 Å². The van der Waals surface area contributed by atoms with Crippen LogP contribution in [0.2, 0.25) is 0 Å². The Bertz CT molecular complexity index is 377. The summed E-state index contributed by atoms with van der Waals surface area (Å²) in [5.41, 5.74) is 5.82. The Morgan fingerprint density at radius 2 is 1.95 bits per heavy atom. The second-order valence-corrected chi connectivity index (χ2v) is 6.10. The lowest BCUT2D eigenvalue weighted by Crippen LogP contribution is -2.19. The third-order valence-electron chi connectivity index (χ3n) is 3.29. The first kappa shape index (κ1) is 17.1. The van der Waals surface area contributed by atoms with Gasteiger partial charge < -0.3 is 15.0 Å². The molecule has 20 heavy (non-hydrogen) atoms. The predicted molar refractivity (Wildman–Crippen MR) is 79.2 cm³/mol. The number of rotatable bonds is 9. The molecule has 0 saturated carbocycles. The summed E-state index contributed by atoms with van der Waals surface area (Å²) < 4.78 is 11.0. The molecule has 0 aliphatic rings. The Balaban J connectivity index is 2.70. The number of nitrogens with two attached hydrogens (primary N) is 1. The average molecular weight is 283 g/mol. The van der Waals surface area contributed by atoms with E-state index in [9.17, 15) is 0 Å². The molecule has 0 aliphatic heterocycles. The summed E-state index contributed by atoms with van der Waals surface area (Å²) in [4.78, 5) is 4.49. The molecule has 0 bridgehead atoms. The van der Waals surface area contributed by atoms with Crippen LogP contribution < -0.4 is 5.73 Å². The maximum atomic E-state index is 5.82. The van der Waals surface area contributed by atoms with Gasteiger partial charge in [-0.3, -0.25) is 0 Å². The van der Waals surface area contributed by atoms with E-state index in [2.05, 4.69) is 37.8 Å². The van der Waals surface area contributed by atoms with Crippen LogP contribution in [0.15, 0.2) is 4.52 Å². The molecule has 0 saturated heterocycles. The zero-order valence-electron chi connectivity index (χ0n) is 13.4. The molecule has 1 rings (SSSR count).